The molecule has 0 spiro atoms. The van der Waals surface area contributed by atoms with Crippen molar-refractivity contribution in [1.29, 1.82) is 0 Å². The molecule has 4 rings (SSSR count). The van der Waals surface area contributed by atoms with Crippen LogP contribution in [0.25, 0.3) is 17.0 Å². The van der Waals surface area contributed by atoms with E-state index >= 15 is 0 Å². The van der Waals surface area contributed by atoms with Gasteiger partial charge in [0.25, 0.3) is 0 Å². The van der Waals surface area contributed by atoms with E-state index in [2.05, 4.69) is 103 Å². The van der Waals surface area contributed by atoms with Gasteiger partial charge in [-0.2, -0.15) is 5.21 Å². The predicted octanol–water partition coefficient (Wildman–Crippen LogP) is 6.87. The minimum Gasteiger partial charge on any atom is -0.351 e. The van der Waals surface area contributed by atoms with E-state index in [0.29, 0.717) is 17.9 Å². The predicted molar refractivity (Wildman–Crippen MR) is 147 cm³/mol. The Hall–Kier alpha value is -3.02. The van der Waals surface area contributed by atoms with E-state index in [4.69, 9.17) is 4.99 Å². The number of nitrogens with one attached hydrogen (secondary N) is 1. The lowest BCUT2D eigenvalue weighted by Crippen LogP contribution is -2.39. The molecule has 6 heteroatoms. The number of benzene rings is 1. The van der Waals surface area contributed by atoms with E-state index in [1.807, 2.05) is 19.9 Å². The van der Waals surface area contributed by atoms with Gasteiger partial charge in [-0.25, -0.2) is 0 Å². The van der Waals surface area contributed by atoms with Crippen LogP contribution in [-0.2, 0) is 0 Å². The van der Waals surface area contributed by atoms with Crippen LogP contribution in [0, 0.1) is 5.41 Å². The van der Waals surface area contributed by atoms with Crippen LogP contribution in [0.15, 0.2) is 59.1 Å². The first-order valence-electron chi connectivity index (χ1n) is 13.2. The normalized spacial score (nSPS) is 21.0. The lowest BCUT2D eigenvalue weighted by Gasteiger charge is -2.30. The van der Waals surface area contributed by atoms with Crippen molar-refractivity contribution in [2.45, 2.75) is 86.2 Å². The average molecular weight is 475 g/mol. The van der Waals surface area contributed by atoms with Gasteiger partial charge in [0.2, 0.25) is 5.82 Å². The summed E-state index contributed by atoms with van der Waals surface area (Å²) in [6.45, 7) is 16.2. The molecule has 6 nitrogen and oxygen atoms in total. The Bertz CT molecular complexity index is 1070. The van der Waals surface area contributed by atoms with Crippen LogP contribution in [0.3, 0.4) is 0 Å². The number of aliphatic imine (C=N–C) groups is 1. The Kier molecular flexibility index (Phi) is 9.19. The number of aromatic amines is 1. The number of allylic oxidation sites excluding steroid dienone is 4. The number of hydrogen-bond acceptors (Lipinski definition) is 5. The second-order valence-electron chi connectivity index (χ2n) is 9.75. The molecule has 2 unspecified atom stereocenters. The molecule has 2 aliphatic rings. The zero-order valence-electron chi connectivity index (χ0n) is 22.5. The first-order valence-corrected chi connectivity index (χ1v) is 13.2. The third kappa shape index (κ3) is 6.36. The second kappa shape index (κ2) is 12.1. The van der Waals surface area contributed by atoms with E-state index in [0.717, 1.165) is 30.5 Å². The third-order valence-corrected chi connectivity index (χ3v) is 6.55. The molecule has 0 amide bonds. The highest BCUT2D eigenvalue weighted by Gasteiger charge is 2.32. The third-order valence-electron chi connectivity index (χ3n) is 6.55. The second-order valence-corrected chi connectivity index (χ2v) is 9.75. The quantitative estimate of drug-likeness (QED) is 0.453. The van der Waals surface area contributed by atoms with Crippen LogP contribution in [0.1, 0.15) is 79.7 Å². The fourth-order valence-corrected chi connectivity index (χ4v) is 5.04. The molecule has 1 aliphatic heterocycles. The van der Waals surface area contributed by atoms with Gasteiger partial charge in [-0.3, -0.25) is 4.99 Å². The van der Waals surface area contributed by atoms with E-state index in [-0.39, 0.29) is 5.41 Å². The van der Waals surface area contributed by atoms with Gasteiger partial charge in [-0.1, -0.05) is 96.5 Å². The van der Waals surface area contributed by atoms with Crippen LogP contribution in [-0.4, -0.2) is 50.0 Å². The van der Waals surface area contributed by atoms with Gasteiger partial charge in [0.1, 0.15) is 0 Å². The smallest absolute Gasteiger partial charge is 0.205 e. The number of nitrogens with zero attached hydrogens (tertiary/aromatic N) is 5. The molecule has 35 heavy (non-hydrogen) atoms. The van der Waals surface area contributed by atoms with Gasteiger partial charge in [-0.15, -0.1) is 10.2 Å². The highest BCUT2D eigenvalue weighted by molar-refractivity contribution is 5.86. The molecule has 0 saturated heterocycles. The zero-order chi connectivity index (χ0) is 25.4. The topological polar surface area (TPSA) is 70.1 Å². The summed E-state index contributed by atoms with van der Waals surface area (Å²) < 4.78 is 0. The minimum absolute atomic E-state index is 0.0910. The molecule has 0 bridgehead atoms. The first-order chi connectivity index (χ1) is 16.9. The van der Waals surface area contributed by atoms with E-state index in [9.17, 15) is 0 Å². The number of hydrogen-bond donors (Lipinski definition) is 1. The minimum atomic E-state index is -0.0910. The zero-order valence-corrected chi connectivity index (χ0v) is 22.5. The molecule has 0 saturated carbocycles. The van der Waals surface area contributed by atoms with Crippen molar-refractivity contribution in [3.63, 3.8) is 0 Å². The van der Waals surface area contributed by atoms with Crippen molar-refractivity contribution in [3.05, 3.63) is 59.7 Å². The summed E-state index contributed by atoms with van der Waals surface area (Å²) in [4.78, 5) is 7.60. The Morgan fingerprint density at radius 2 is 1.77 bits per heavy atom. The lowest BCUT2D eigenvalue weighted by molar-refractivity contribution is 0.318. The van der Waals surface area contributed by atoms with E-state index in [1.54, 1.807) is 0 Å². The van der Waals surface area contributed by atoms with Crippen LogP contribution < -0.4 is 0 Å². The number of H-pyrrole nitrogens is 1. The highest BCUT2D eigenvalue weighted by Crippen LogP contribution is 2.35. The summed E-state index contributed by atoms with van der Waals surface area (Å²) in [5.41, 5.74) is 4.51. The maximum absolute atomic E-state index is 5.04. The number of unbranched alkanes of at least 4 members (excludes halogenated alkanes) is 1. The van der Waals surface area contributed by atoms with Gasteiger partial charge in [0.05, 0.1) is 17.9 Å². The fourth-order valence-electron chi connectivity index (χ4n) is 5.04. The molecule has 188 valence electrons. The van der Waals surface area contributed by atoms with Gasteiger partial charge in [0.15, 0.2) is 0 Å². The van der Waals surface area contributed by atoms with Gasteiger partial charge in [0, 0.05) is 23.9 Å². The maximum Gasteiger partial charge on any atom is 0.205 e. The molecular formula is C29H42N6. The average Bonchev–Trinajstić information content (AvgIpc) is 3.45. The van der Waals surface area contributed by atoms with E-state index < -0.39 is 0 Å². The number of rotatable bonds is 8. The monoisotopic (exact) mass is 474 g/mol. The summed E-state index contributed by atoms with van der Waals surface area (Å²) in [7, 11) is 0. The highest BCUT2D eigenvalue weighted by atomic mass is 15.5. The standard InChI is InChI=1S/C27H36N6.C2H6/c1-6-8-13-25-28-19(3)24(7-2)33(25)18-20-14-15-21(17-27(4,5)16-20)22-11-9-10-12-23(22)26-29-31-32-30-26;1-2/h9-12,14-17,19,24H,6-8,13,18H2,1-5H3,(H,29,30,31,32);1-2H3. The molecule has 2 atom stereocenters. The number of amidine groups is 1. The first kappa shape index (κ1) is 26.6. The molecular weight excluding hydrogens is 432 g/mol. The number of aromatic nitrogens is 4. The summed E-state index contributed by atoms with van der Waals surface area (Å²) in [6, 6.07) is 9.10. The van der Waals surface area contributed by atoms with Crippen LogP contribution in [0.4, 0.5) is 0 Å². The van der Waals surface area contributed by atoms with E-state index in [1.165, 1.54) is 29.8 Å². The summed E-state index contributed by atoms with van der Waals surface area (Å²) in [5, 5.41) is 14.7. The van der Waals surface area contributed by atoms with Crippen molar-refractivity contribution in [3.8, 4) is 11.4 Å². The van der Waals surface area contributed by atoms with Crippen molar-refractivity contribution < 1.29 is 0 Å². The van der Waals surface area contributed by atoms with Crippen LogP contribution in [0.5, 0.6) is 0 Å². The molecule has 2 heterocycles. The largest absolute Gasteiger partial charge is 0.351 e. The lowest BCUT2D eigenvalue weighted by atomic mass is 9.87. The molecule has 1 aromatic heterocycles. The SMILES string of the molecule is CC.CCCCC1=NC(C)C(CC)N1CC1=CC(C)(C)C=C(c2ccccc2-c2nn[nH]n2)C=C1. The van der Waals surface area contributed by atoms with Crippen molar-refractivity contribution in [1.82, 2.24) is 25.5 Å². The van der Waals surface area contributed by atoms with Gasteiger partial charge in [-0.05, 0) is 41.7 Å². The molecule has 0 fully saturated rings. The van der Waals surface area contributed by atoms with Crippen LogP contribution >= 0.6 is 0 Å². The van der Waals surface area contributed by atoms with Crippen molar-refractivity contribution >= 4 is 11.4 Å². The van der Waals surface area contributed by atoms with Gasteiger partial charge < -0.3 is 4.90 Å². The molecule has 1 N–H and O–H groups in total. The Balaban J connectivity index is 0.00000167. The Labute approximate surface area is 211 Å². The van der Waals surface area contributed by atoms with Crippen molar-refractivity contribution in [2.75, 3.05) is 6.54 Å². The molecule has 1 aliphatic carbocycles. The summed E-state index contributed by atoms with van der Waals surface area (Å²) >= 11 is 0. The molecule has 2 aromatic rings. The Morgan fingerprint density at radius 3 is 2.43 bits per heavy atom. The summed E-state index contributed by atoms with van der Waals surface area (Å²) in [5.74, 6) is 1.90. The number of tetrazole rings is 1. The van der Waals surface area contributed by atoms with Crippen molar-refractivity contribution in [2.24, 2.45) is 10.4 Å². The summed E-state index contributed by atoms with van der Waals surface area (Å²) in [6.07, 6.45) is 13.8. The molecule has 0 radical (unpaired) electrons. The Morgan fingerprint density at radius 1 is 1.03 bits per heavy atom. The van der Waals surface area contributed by atoms with Crippen LogP contribution in [0.2, 0.25) is 0 Å². The fraction of sp³-hybridized carbons (Fsp3) is 0.517. The molecule has 1 aromatic carbocycles. The van der Waals surface area contributed by atoms with Gasteiger partial charge >= 0.3 is 0 Å². The maximum atomic E-state index is 5.04.